The summed E-state index contributed by atoms with van der Waals surface area (Å²) in [5, 5.41) is 0. The number of benzene rings is 2. The molecule has 4 nitrogen and oxygen atoms in total. The Morgan fingerprint density at radius 3 is 1.28 bits per heavy atom. The number of hydrogen-bond donors (Lipinski definition) is 2. The van der Waals surface area contributed by atoms with Gasteiger partial charge in [0.2, 0.25) is 5.41 Å². The summed E-state index contributed by atoms with van der Waals surface area (Å²) in [5.41, 5.74) is 4.08. The van der Waals surface area contributed by atoms with Gasteiger partial charge in [-0.25, -0.2) is 0 Å². The van der Waals surface area contributed by atoms with E-state index in [-0.39, 0.29) is 36.1 Å². The van der Waals surface area contributed by atoms with Gasteiger partial charge in [-0.05, 0) is 49.2 Å². The minimum Gasteiger partial charge on any atom is -0.492 e. The molecule has 0 aliphatic carbocycles. The lowest BCUT2D eigenvalue weighted by molar-refractivity contribution is -0.288. The largest absolute Gasteiger partial charge is 0.492 e. The first-order valence-electron chi connectivity index (χ1n) is 8.59. The van der Waals surface area contributed by atoms with E-state index in [2.05, 4.69) is 0 Å². The van der Waals surface area contributed by atoms with Gasteiger partial charge in [0.25, 0.3) is 0 Å². The minimum absolute atomic E-state index is 0.0132. The first-order chi connectivity index (χ1) is 13.4. The molecule has 0 amide bonds. The number of alkyl halides is 6. The second kappa shape index (κ2) is 7.92. The Balaban J connectivity index is 2.84. The monoisotopic (exact) mass is 422 g/mol. The van der Waals surface area contributed by atoms with Gasteiger partial charge in [0.15, 0.2) is 0 Å². The van der Waals surface area contributed by atoms with Crippen LogP contribution in [0.25, 0.3) is 0 Å². The number of halogens is 6. The predicted molar refractivity (Wildman–Crippen MR) is 96.9 cm³/mol. The van der Waals surface area contributed by atoms with E-state index >= 15 is 0 Å². The van der Waals surface area contributed by atoms with Crippen LogP contribution in [-0.2, 0) is 5.41 Å². The fourth-order valence-electron chi connectivity index (χ4n) is 3.12. The molecule has 2 aromatic carbocycles. The molecule has 160 valence electrons. The van der Waals surface area contributed by atoms with Gasteiger partial charge in [0.1, 0.15) is 11.5 Å². The van der Waals surface area contributed by atoms with Crippen molar-refractivity contribution in [1.29, 1.82) is 0 Å². The van der Waals surface area contributed by atoms with Gasteiger partial charge >= 0.3 is 12.4 Å². The molecule has 2 aromatic rings. The fourth-order valence-corrected chi connectivity index (χ4v) is 3.12. The average Bonchev–Trinajstić information content (AvgIpc) is 2.58. The molecule has 0 aromatic heterocycles. The molecule has 0 bridgehead atoms. The number of ether oxygens (including phenoxy) is 2. The van der Waals surface area contributed by atoms with Crippen molar-refractivity contribution in [2.24, 2.45) is 0 Å². The average molecular weight is 422 g/mol. The molecular weight excluding hydrogens is 402 g/mol. The fraction of sp³-hybridized carbons (Fsp3) is 0.368. The normalized spacial score (nSPS) is 12.7. The second-order valence-corrected chi connectivity index (χ2v) is 6.12. The molecule has 0 aliphatic rings. The van der Waals surface area contributed by atoms with E-state index in [1.165, 1.54) is 0 Å². The molecule has 4 N–H and O–H groups in total. The highest BCUT2D eigenvalue weighted by atomic mass is 19.4. The van der Waals surface area contributed by atoms with Gasteiger partial charge in [-0.15, -0.1) is 0 Å². The third-order valence-electron chi connectivity index (χ3n) is 4.34. The van der Waals surface area contributed by atoms with E-state index in [1.54, 1.807) is 13.8 Å². The Hall–Kier alpha value is -2.78. The van der Waals surface area contributed by atoms with Gasteiger partial charge < -0.3 is 20.9 Å². The first kappa shape index (κ1) is 22.5. The maximum Gasteiger partial charge on any atom is 0.411 e. The highest BCUT2D eigenvalue weighted by Gasteiger charge is 2.72. The number of hydrogen-bond acceptors (Lipinski definition) is 4. The molecule has 0 atom stereocenters. The van der Waals surface area contributed by atoms with Crippen molar-refractivity contribution in [2.75, 3.05) is 24.7 Å². The van der Waals surface area contributed by atoms with Crippen LogP contribution >= 0.6 is 0 Å². The molecular formula is C19H20F6N2O2. The van der Waals surface area contributed by atoms with Crippen LogP contribution in [0.4, 0.5) is 37.7 Å². The van der Waals surface area contributed by atoms with E-state index < -0.39 is 28.9 Å². The van der Waals surface area contributed by atoms with Crippen molar-refractivity contribution in [3.05, 3.63) is 47.5 Å². The van der Waals surface area contributed by atoms with Crippen molar-refractivity contribution in [1.82, 2.24) is 0 Å². The maximum absolute atomic E-state index is 14.1. The number of rotatable bonds is 6. The molecule has 0 saturated heterocycles. The Bertz CT molecular complexity index is 793. The van der Waals surface area contributed by atoms with E-state index in [4.69, 9.17) is 20.9 Å². The molecule has 0 aliphatic heterocycles. The summed E-state index contributed by atoms with van der Waals surface area (Å²) < 4.78 is 95.1. The van der Waals surface area contributed by atoms with Crippen molar-refractivity contribution in [2.45, 2.75) is 31.6 Å². The van der Waals surface area contributed by atoms with Crippen LogP contribution in [0, 0.1) is 0 Å². The third-order valence-corrected chi connectivity index (χ3v) is 4.34. The standard InChI is InChI=1S/C19H20F6N2O2/c1-3-28-15-7-5-11(9-13(15)26)17(18(20,21)22,19(23,24)25)12-6-8-16(29-4-2)14(27)10-12/h5-10H,3-4,26-27H2,1-2H3. The molecule has 0 spiro atoms. The molecule has 2 rings (SSSR count). The van der Waals surface area contributed by atoms with E-state index in [0.717, 1.165) is 12.1 Å². The molecule has 0 unspecified atom stereocenters. The highest BCUT2D eigenvalue weighted by molar-refractivity contribution is 5.61. The Kier molecular flexibility index (Phi) is 6.15. The summed E-state index contributed by atoms with van der Waals surface area (Å²) in [6.45, 7) is 3.49. The third kappa shape index (κ3) is 3.88. The SMILES string of the molecule is CCOc1ccc(C(c2ccc(OCC)c(N)c2)(C(F)(F)F)C(F)(F)F)cc1N. The highest BCUT2D eigenvalue weighted by Crippen LogP contribution is 2.57. The smallest absolute Gasteiger partial charge is 0.411 e. The zero-order valence-electron chi connectivity index (χ0n) is 15.6. The summed E-state index contributed by atoms with van der Waals surface area (Å²) in [6.07, 6.45) is -11.5. The topological polar surface area (TPSA) is 70.5 Å². The Morgan fingerprint density at radius 2 is 1.03 bits per heavy atom. The maximum atomic E-state index is 14.1. The van der Waals surface area contributed by atoms with Crippen molar-refractivity contribution >= 4 is 11.4 Å². The quantitative estimate of drug-likeness (QED) is 0.504. The van der Waals surface area contributed by atoms with Gasteiger partial charge in [-0.2, -0.15) is 26.3 Å². The lowest BCUT2D eigenvalue weighted by Crippen LogP contribution is -2.54. The number of nitrogens with two attached hydrogens (primary N) is 2. The minimum atomic E-state index is -5.75. The summed E-state index contributed by atoms with van der Waals surface area (Å²) in [7, 11) is 0. The number of anilines is 2. The Morgan fingerprint density at radius 1 is 0.690 bits per heavy atom. The summed E-state index contributed by atoms with van der Waals surface area (Å²) in [4.78, 5) is 0. The summed E-state index contributed by atoms with van der Waals surface area (Å²) >= 11 is 0. The zero-order chi connectivity index (χ0) is 22.0. The van der Waals surface area contributed by atoms with Crippen LogP contribution in [0.3, 0.4) is 0 Å². The van der Waals surface area contributed by atoms with Crippen LogP contribution in [0.2, 0.25) is 0 Å². The summed E-state index contributed by atoms with van der Waals surface area (Å²) in [6, 6.07) is 4.62. The summed E-state index contributed by atoms with van der Waals surface area (Å²) in [5.74, 6) is -0.0265. The van der Waals surface area contributed by atoms with E-state index in [1.807, 2.05) is 0 Å². The zero-order valence-corrected chi connectivity index (χ0v) is 15.6. The number of nitrogen functional groups attached to an aromatic ring is 2. The van der Waals surface area contributed by atoms with Crippen LogP contribution in [-0.4, -0.2) is 25.6 Å². The molecule has 0 fully saturated rings. The first-order valence-corrected chi connectivity index (χ1v) is 8.59. The van der Waals surface area contributed by atoms with Crippen LogP contribution < -0.4 is 20.9 Å². The lowest BCUT2D eigenvalue weighted by Gasteiger charge is -2.38. The predicted octanol–water partition coefficient (Wildman–Crippen LogP) is 5.06. The molecule has 0 radical (unpaired) electrons. The van der Waals surface area contributed by atoms with Crippen molar-refractivity contribution in [3.8, 4) is 11.5 Å². The molecule has 29 heavy (non-hydrogen) atoms. The van der Waals surface area contributed by atoms with Crippen LogP contribution in [0.5, 0.6) is 11.5 Å². The second-order valence-electron chi connectivity index (χ2n) is 6.12. The molecule has 10 heteroatoms. The Labute approximate surface area is 163 Å². The molecule has 0 saturated carbocycles. The van der Waals surface area contributed by atoms with E-state index in [0.29, 0.717) is 24.3 Å². The van der Waals surface area contributed by atoms with Gasteiger partial charge in [-0.3, -0.25) is 0 Å². The van der Waals surface area contributed by atoms with Crippen LogP contribution in [0.1, 0.15) is 25.0 Å². The van der Waals surface area contributed by atoms with Gasteiger partial charge in [0, 0.05) is 0 Å². The lowest BCUT2D eigenvalue weighted by atomic mass is 9.72. The van der Waals surface area contributed by atoms with Gasteiger partial charge in [0.05, 0.1) is 24.6 Å². The van der Waals surface area contributed by atoms with Gasteiger partial charge in [-0.1, -0.05) is 12.1 Å². The van der Waals surface area contributed by atoms with Crippen molar-refractivity contribution in [3.63, 3.8) is 0 Å². The molecule has 0 heterocycles. The van der Waals surface area contributed by atoms with Crippen LogP contribution in [0.15, 0.2) is 36.4 Å². The van der Waals surface area contributed by atoms with E-state index in [9.17, 15) is 26.3 Å². The van der Waals surface area contributed by atoms with Crippen molar-refractivity contribution < 1.29 is 35.8 Å².